The second-order valence-electron chi connectivity index (χ2n) is 14.3. The van der Waals surface area contributed by atoms with Gasteiger partial charge in [-0.1, -0.05) is 58.3 Å². The van der Waals surface area contributed by atoms with Crippen LogP contribution in [0.4, 0.5) is 15.3 Å². The van der Waals surface area contributed by atoms with Crippen molar-refractivity contribution < 1.29 is 35.3 Å². The van der Waals surface area contributed by atoms with Crippen LogP contribution < -0.4 is 10.6 Å². The first-order chi connectivity index (χ1) is 22.7. The molecule has 2 amide bonds. The number of sulfone groups is 2. The minimum Gasteiger partial charge on any atom is -0.359 e. The Balaban J connectivity index is 0.000000270. The highest BCUT2D eigenvalue weighted by Crippen LogP contribution is 2.31. The lowest BCUT2D eigenvalue weighted by Crippen LogP contribution is -2.44. The van der Waals surface area contributed by atoms with Gasteiger partial charge < -0.3 is 15.2 Å². The van der Waals surface area contributed by atoms with Gasteiger partial charge in [-0.15, -0.1) is 11.3 Å². The molecule has 0 unspecified atom stereocenters. The predicted molar refractivity (Wildman–Crippen MR) is 191 cm³/mol. The molecule has 3 aromatic heterocycles. The summed E-state index contributed by atoms with van der Waals surface area (Å²) in [5, 5.41) is 11.2. The van der Waals surface area contributed by atoms with Gasteiger partial charge in [0.15, 0.2) is 30.6 Å². The molecular formula is C33H41ClFN5O7S3. The Hall–Kier alpha value is -3.73. The van der Waals surface area contributed by atoms with E-state index in [1.165, 1.54) is 51.2 Å². The molecule has 0 aliphatic heterocycles. The second kappa shape index (κ2) is 14.5. The average molecular weight is 770 g/mol. The van der Waals surface area contributed by atoms with Gasteiger partial charge in [-0.25, -0.2) is 31.2 Å². The Bertz CT molecular complexity index is 1910. The molecule has 12 nitrogen and oxygen atoms in total. The summed E-state index contributed by atoms with van der Waals surface area (Å²) in [4.78, 5) is 33.0. The van der Waals surface area contributed by atoms with Crippen LogP contribution in [0.3, 0.4) is 0 Å². The minimum absolute atomic E-state index is 0.0902. The van der Waals surface area contributed by atoms with Crippen LogP contribution in [0.1, 0.15) is 80.7 Å². The van der Waals surface area contributed by atoms with Crippen molar-refractivity contribution in [2.24, 2.45) is 0 Å². The molecule has 0 spiro atoms. The standard InChI is InChI=1S/C17H21FN2O3S2.C16H20ClN3O4S/c1-16(2,3)13-10-24-15(19-13)20-14(21)17(4,5)25(22,23)12-8-6-11(18)7-9-12;1-15(2,3)11-8-13(20-24-11)19-14(21)16(4,5)25(22,23)10-6-7-12(17)18-9-10/h6-10H,1-5H3,(H,19,20,21);6-9H,1-5H3,(H,19,20,21). The van der Waals surface area contributed by atoms with Gasteiger partial charge in [0, 0.05) is 28.5 Å². The number of nitrogens with zero attached hydrogens (tertiary/aromatic N) is 3. The van der Waals surface area contributed by atoms with Crippen molar-refractivity contribution in [2.45, 2.75) is 99.4 Å². The summed E-state index contributed by atoms with van der Waals surface area (Å²) in [5.41, 5.74) is 0.355. The van der Waals surface area contributed by atoms with Crippen molar-refractivity contribution in [3.05, 3.63) is 76.5 Å². The maximum atomic E-state index is 13.0. The SMILES string of the molecule is CC(C)(C)c1cc(NC(=O)C(C)(C)S(=O)(=O)c2ccc(Cl)nc2)no1.CC(C)(C)c1csc(NC(=O)C(C)(C)S(=O)(=O)c2ccc(F)cc2)n1. The number of hydrogen-bond donors (Lipinski definition) is 2. The third-order valence-electron chi connectivity index (χ3n) is 7.56. The van der Waals surface area contributed by atoms with Crippen LogP contribution in [0.2, 0.25) is 5.15 Å². The van der Waals surface area contributed by atoms with Crippen molar-refractivity contribution in [2.75, 3.05) is 10.6 Å². The van der Waals surface area contributed by atoms with Crippen LogP contribution in [0, 0.1) is 5.82 Å². The highest BCUT2D eigenvalue weighted by atomic mass is 35.5. The number of aromatic nitrogens is 3. The number of benzene rings is 1. The molecule has 3 heterocycles. The van der Waals surface area contributed by atoms with E-state index in [2.05, 4.69) is 25.8 Å². The number of halogens is 2. The maximum absolute atomic E-state index is 13.0. The van der Waals surface area contributed by atoms with Crippen LogP contribution in [0.15, 0.2) is 68.4 Å². The third-order valence-corrected chi connectivity index (χ3v) is 13.4. The molecule has 0 fully saturated rings. The Morgan fingerprint density at radius 1 is 0.780 bits per heavy atom. The highest BCUT2D eigenvalue weighted by molar-refractivity contribution is 7.94. The Morgan fingerprint density at radius 2 is 1.30 bits per heavy atom. The first-order valence-corrected chi connectivity index (χ1v) is 19.4. The predicted octanol–water partition coefficient (Wildman–Crippen LogP) is 6.98. The Kier molecular flexibility index (Phi) is 11.8. The van der Waals surface area contributed by atoms with E-state index in [0.29, 0.717) is 10.9 Å². The van der Waals surface area contributed by atoms with E-state index in [0.717, 1.165) is 36.2 Å². The molecule has 2 N–H and O–H groups in total. The van der Waals surface area contributed by atoms with Crippen molar-refractivity contribution >= 4 is 65.4 Å². The summed E-state index contributed by atoms with van der Waals surface area (Å²) in [6.45, 7) is 17.1. The van der Waals surface area contributed by atoms with Gasteiger partial charge >= 0.3 is 0 Å². The number of nitrogens with one attached hydrogen (secondary N) is 2. The molecule has 1 aromatic carbocycles. The Morgan fingerprint density at radius 3 is 1.76 bits per heavy atom. The molecule has 0 atom stereocenters. The molecule has 0 aliphatic carbocycles. The molecule has 4 aromatic rings. The van der Waals surface area contributed by atoms with Gasteiger partial charge in [-0.2, -0.15) is 0 Å². The minimum atomic E-state index is -4.00. The number of pyridine rings is 1. The summed E-state index contributed by atoms with van der Waals surface area (Å²) in [7, 11) is -7.99. The van der Waals surface area contributed by atoms with E-state index in [9.17, 15) is 30.8 Å². The highest BCUT2D eigenvalue weighted by Gasteiger charge is 2.44. The topological polar surface area (TPSA) is 178 Å². The van der Waals surface area contributed by atoms with Crippen molar-refractivity contribution in [3.63, 3.8) is 0 Å². The zero-order valence-electron chi connectivity index (χ0n) is 29.4. The zero-order chi connectivity index (χ0) is 38.1. The number of anilines is 2. The van der Waals surface area contributed by atoms with Crippen LogP contribution in [-0.2, 0) is 40.1 Å². The van der Waals surface area contributed by atoms with Gasteiger partial charge in [0.1, 0.15) is 26.2 Å². The fourth-order valence-electron chi connectivity index (χ4n) is 3.85. The summed E-state index contributed by atoms with van der Waals surface area (Å²) in [6, 6.07) is 8.66. The number of hydrogen-bond acceptors (Lipinski definition) is 11. The molecule has 272 valence electrons. The van der Waals surface area contributed by atoms with Gasteiger partial charge in [-0.05, 0) is 64.1 Å². The quantitative estimate of drug-likeness (QED) is 0.140. The summed E-state index contributed by atoms with van der Waals surface area (Å²) in [6.07, 6.45) is 1.13. The van der Waals surface area contributed by atoms with E-state index < -0.39 is 46.8 Å². The van der Waals surface area contributed by atoms with Gasteiger partial charge in [0.05, 0.1) is 15.5 Å². The summed E-state index contributed by atoms with van der Waals surface area (Å²) < 4.78 is 65.8. The van der Waals surface area contributed by atoms with Gasteiger partial charge in [0.2, 0.25) is 11.8 Å². The van der Waals surface area contributed by atoms with Crippen molar-refractivity contribution in [3.8, 4) is 0 Å². The summed E-state index contributed by atoms with van der Waals surface area (Å²) >= 11 is 6.92. The molecule has 50 heavy (non-hydrogen) atoms. The fourth-order valence-corrected chi connectivity index (χ4v) is 7.59. The number of rotatable bonds is 8. The largest absolute Gasteiger partial charge is 0.359 e. The molecule has 0 radical (unpaired) electrons. The number of thiazole rings is 1. The van der Waals surface area contributed by atoms with Crippen LogP contribution in [0.25, 0.3) is 0 Å². The van der Waals surface area contributed by atoms with Crippen LogP contribution in [0.5, 0.6) is 0 Å². The van der Waals surface area contributed by atoms with E-state index in [-0.39, 0.29) is 31.6 Å². The molecular weight excluding hydrogens is 729 g/mol. The molecule has 4 rings (SSSR count). The van der Waals surface area contributed by atoms with Crippen LogP contribution in [-0.4, -0.2) is 53.3 Å². The summed E-state index contributed by atoms with van der Waals surface area (Å²) in [5.74, 6) is -1.22. The van der Waals surface area contributed by atoms with Crippen LogP contribution >= 0.6 is 22.9 Å². The Labute approximate surface area is 301 Å². The monoisotopic (exact) mass is 769 g/mol. The first kappa shape index (κ1) is 40.7. The lowest BCUT2D eigenvalue weighted by Gasteiger charge is -2.23. The van der Waals surface area contributed by atoms with Crippen molar-refractivity contribution in [1.82, 2.24) is 15.1 Å². The first-order valence-electron chi connectivity index (χ1n) is 15.1. The third kappa shape index (κ3) is 8.94. The number of carbonyl (C=O) groups excluding carboxylic acids is 2. The average Bonchev–Trinajstić information content (AvgIpc) is 3.68. The number of carbonyl (C=O) groups is 2. The molecule has 0 aliphatic rings. The normalized spacial score (nSPS) is 12.9. The van der Waals surface area contributed by atoms with Gasteiger partial charge in [-0.3, -0.25) is 9.59 Å². The van der Waals surface area contributed by atoms with Crippen molar-refractivity contribution in [1.29, 1.82) is 0 Å². The van der Waals surface area contributed by atoms with E-state index in [1.54, 1.807) is 6.07 Å². The lowest BCUT2D eigenvalue weighted by atomic mass is 9.93. The molecule has 0 saturated carbocycles. The van der Waals surface area contributed by atoms with Gasteiger partial charge in [0.25, 0.3) is 0 Å². The number of amides is 2. The fraction of sp³-hybridized carbons (Fsp3) is 0.424. The molecule has 0 bridgehead atoms. The maximum Gasteiger partial charge on any atom is 0.247 e. The van der Waals surface area contributed by atoms with E-state index >= 15 is 0 Å². The second-order valence-corrected chi connectivity index (χ2v) is 20.6. The molecule has 0 saturated heterocycles. The zero-order valence-corrected chi connectivity index (χ0v) is 32.6. The lowest BCUT2D eigenvalue weighted by molar-refractivity contribution is -0.118. The van der Waals surface area contributed by atoms with E-state index in [1.807, 2.05) is 46.9 Å². The smallest absolute Gasteiger partial charge is 0.247 e. The molecule has 17 heteroatoms. The van der Waals surface area contributed by atoms with E-state index in [4.69, 9.17) is 16.1 Å².